The van der Waals surface area contributed by atoms with Crippen molar-refractivity contribution < 1.29 is 9.47 Å². The van der Waals surface area contributed by atoms with Gasteiger partial charge in [-0.2, -0.15) is 0 Å². The molecule has 1 aliphatic carbocycles. The number of hydrogen-bond donors (Lipinski definition) is 1. The molecule has 1 atom stereocenters. The van der Waals surface area contributed by atoms with Gasteiger partial charge in [0.15, 0.2) is 6.29 Å². The summed E-state index contributed by atoms with van der Waals surface area (Å²) in [5.74, 6) is 1.77. The second kappa shape index (κ2) is 7.25. The lowest BCUT2D eigenvalue weighted by molar-refractivity contribution is -0.119. The van der Waals surface area contributed by atoms with Crippen LogP contribution in [0.2, 0.25) is 0 Å². The first-order valence-electron chi connectivity index (χ1n) is 6.46. The molecule has 3 nitrogen and oxygen atoms in total. The van der Waals surface area contributed by atoms with Crippen LogP contribution in [0, 0.1) is 11.8 Å². The highest BCUT2D eigenvalue weighted by atomic mass is 16.7. The molecule has 0 amide bonds. The highest BCUT2D eigenvalue weighted by Crippen LogP contribution is 2.27. The predicted molar refractivity (Wildman–Crippen MR) is 66.4 cm³/mol. The molecule has 0 bridgehead atoms. The molecule has 0 saturated heterocycles. The summed E-state index contributed by atoms with van der Waals surface area (Å²) in [6.07, 6.45) is 5.37. The van der Waals surface area contributed by atoms with Crippen molar-refractivity contribution in [2.45, 2.75) is 51.9 Å². The molecular weight excluding hydrogens is 202 g/mol. The van der Waals surface area contributed by atoms with Crippen molar-refractivity contribution in [1.29, 1.82) is 0 Å². The Kier molecular flexibility index (Phi) is 6.32. The van der Waals surface area contributed by atoms with Gasteiger partial charge in [0.05, 0.1) is 6.04 Å². The zero-order chi connectivity index (χ0) is 12.0. The van der Waals surface area contributed by atoms with Crippen LogP contribution in [0.25, 0.3) is 0 Å². The Hall–Kier alpha value is -0.120. The standard InChI is InChI=1S/C13H27NO2/c1-10-5-7-12(8-6-10)9-14-11(2)13(15-3)16-4/h10-14H,5-9H2,1-4H3. The van der Waals surface area contributed by atoms with Gasteiger partial charge in [0, 0.05) is 14.2 Å². The fourth-order valence-electron chi connectivity index (χ4n) is 2.49. The van der Waals surface area contributed by atoms with Gasteiger partial charge in [0.25, 0.3) is 0 Å². The first-order valence-corrected chi connectivity index (χ1v) is 6.46. The van der Waals surface area contributed by atoms with E-state index in [9.17, 15) is 0 Å². The third kappa shape index (κ3) is 4.40. The maximum atomic E-state index is 5.23. The maximum Gasteiger partial charge on any atom is 0.171 e. The predicted octanol–water partition coefficient (Wildman–Crippen LogP) is 2.41. The van der Waals surface area contributed by atoms with E-state index in [0.717, 1.165) is 18.4 Å². The van der Waals surface area contributed by atoms with Gasteiger partial charge in [-0.3, -0.25) is 0 Å². The highest BCUT2D eigenvalue weighted by Gasteiger charge is 2.20. The third-order valence-electron chi connectivity index (χ3n) is 3.74. The van der Waals surface area contributed by atoms with Gasteiger partial charge in [-0.05, 0) is 38.1 Å². The van der Waals surface area contributed by atoms with Crippen LogP contribution in [0.5, 0.6) is 0 Å². The molecule has 1 unspecified atom stereocenters. The molecule has 0 aromatic heterocycles. The fourth-order valence-corrected chi connectivity index (χ4v) is 2.49. The Labute approximate surface area is 99.9 Å². The van der Waals surface area contributed by atoms with Crippen LogP contribution < -0.4 is 5.32 Å². The van der Waals surface area contributed by atoms with E-state index in [-0.39, 0.29) is 12.3 Å². The van der Waals surface area contributed by atoms with E-state index >= 15 is 0 Å². The van der Waals surface area contributed by atoms with Gasteiger partial charge in [0.2, 0.25) is 0 Å². The molecule has 0 radical (unpaired) electrons. The van der Waals surface area contributed by atoms with E-state index in [1.165, 1.54) is 25.7 Å². The van der Waals surface area contributed by atoms with Crippen LogP contribution in [-0.4, -0.2) is 33.1 Å². The van der Waals surface area contributed by atoms with E-state index in [2.05, 4.69) is 19.2 Å². The summed E-state index contributed by atoms with van der Waals surface area (Å²) < 4.78 is 10.5. The molecule has 1 saturated carbocycles. The molecule has 96 valence electrons. The van der Waals surface area contributed by atoms with Gasteiger partial charge in [-0.1, -0.05) is 19.8 Å². The smallest absolute Gasteiger partial charge is 0.171 e. The van der Waals surface area contributed by atoms with Gasteiger partial charge >= 0.3 is 0 Å². The van der Waals surface area contributed by atoms with Crippen molar-refractivity contribution in [3.8, 4) is 0 Å². The van der Waals surface area contributed by atoms with E-state index in [0.29, 0.717) is 0 Å². The van der Waals surface area contributed by atoms with Gasteiger partial charge in [-0.25, -0.2) is 0 Å². The summed E-state index contributed by atoms with van der Waals surface area (Å²) in [6.45, 7) is 5.57. The third-order valence-corrected chi connectivity index (χ3v) is 3.74. The van der Waals surface area contributed by atoms with E-state index < -0.39 is 0 Å². The molecule has 1 fully saturated rings. The Balaban J connectivity index is 2.18. The monoisotopic (exact) mass is 229 g/mol. The summed E-state index contributed by atoms with van der Waals surface area (Å²) in [4.78, 5) is 0. The van der Waals surface area contributed by atoms with Crippen LogP contribution in [-0.2, 0) is 9.47 Å². The fraction of sp³-hybridized carbons (Fsp3) is 1.00. The number of ether oxygens (including phenoxy) is 2. The number of hydrogen-bond acceptors (Lipinski definition) is 3. The van der Waals surface area contributed by atoms with Crippen LogP contribution in [0.1, 0.15) is 39.5 Å². The van der Waals surface area contributed by atoms with Crippen molar-refractivity contribution >= 4 is 0 Å². The van der Waals surface area contributed by atoms with E-state index in [4.69, 9.17) is 9.47 Å². The quantitative estimate of drug-likeness (QED) is 0.710. The largest absolute Gasteiger partial charge is 0.354 e. The summed E-state index contributed by atoms with van der Waals surface area (Å²) in [6, 6.07) is 0.259. The molecule has 3 heteroatoms. The summed E-state index contributed by atoms with van der Waals surface area (Å²) in [5.41, 5.74) is 0. The molecule has 1 rings (SSSR count). The normalized spacial score (nSPS) is 28.3. The van der Waals surface area contributed by atoms with Crippen molar-refractivity contribution in [1.82, 2.24) is 5.32 Å². The summed E-state index contributed by atoms with van der Waals surface area (Å²) >= 11 is 0. The average molecular weight is 229 g/mol. The topological polar surface area (TPSA) is 30.5 Å². The number of nitrogens with one attached hydrogen (secondary N) is 1. The second-order valence-electron chi connectivity index (χ2n) is 5.16. The van der Waals surface area contributed by atoms with E-state index in [1.54, 1.807) is 14.2 Å². The minimum atomic E-state index is -0.137. The lowest BCUT2D eigenvalue weighted by Gasteiger charge is -2.29. The maximum absolute atomic E-state index is 5.23. The minimum absolute atomic E-state index is 0.137. The van der Waals surface area contributed by atoms with E-state index in [1.807, 2.05) is 0 Å². The van der Waals surface area contributed by atoms with Crippen molar-refractivity contribution in [2.75, 3.05) is 20.8 Å². The Morgan fingerprint density at radius 3 is 2.19 bits per heavy atom. The first kappa shape index (κ1) is 13.9. The molecule has 0 aliphatic heterocycles. The summed E-state index contributed by atoms with van der Waals surface area (Å²) in [7, 11) is 3.38. The lowest BCUT2D eigenvalue weighted by Crippen LogP contribution is -2.42. The van der Waals surface area contributed by atoms with Crippen LogP contribution in [0.15, 0.2) is 0 Å². The molecule has 0 spiro atoms. The van der Waals surface area contributed by atoms with Crippen molar-refractivity contribution in [3.63, 3.8) is 0 Å². The van der Waals surface area contributed by atoms with Gasteiger partial charge in [-0.15, -0.1) is 0 Å². The molecule has 0 heterocycles. The van der Waals surface area contributed by atoms with Gasteiger partial charge < -0.3 is 14.8 Å². The SMILES string of the molecule is COC(OC)C(C)NCC1CCC(C)CC1. The highest BCUT2D eigenvalue weighted by molar-refractivity contribution is 4.74. The molecule has 1 N–H and O–H groups in total. The number of methoxy groups -OCH3 is 2. The van der Waals surface area contributed by atoms with Crippen LogP contribution in [0.4, 0.5) is 0 Å². The molecule has 1 aliphatic rings. The molecule has 0 aromatic carbocycles. The van der Waals surface area contributed by atoms with Crippen LogP contribution in [0.3, 0.4) is 0 Å². The molecule has 0 aromatic rings. The molecular formula is C13H27NO2. The Morgan fingerprint density at radius 1 is 1.12 bits per heavy atom. The first-order chi connectivity index (χ1) is 7.67. The minimum Gasteiger partial charge on any atom is -0.354 e. The zero-order valence-electron chi connectivity index (χ0n) is 11.2. The summed E-state index contributed by atoms with van der Waals surface area (Å²) in [5, 5.41) is 3.52. The van der Waals surface area contributed by atoms with Crippen molar-refractivity contribution in [3.05, 3.63) is 0 Å². The van der Waals surface area contributed by atoms with Crippen molar-refractivity contribution in [2.24, 2.45) is 11.8 Å². The second-order valence-corrected chi connectivity index (χ2v) is 5.16. The lowest BCUT2D eigenvalue weighted by atomic mass is 9.83. The Bertz CT molecular complexity index is 175. The zero-order valence-corrected chi connectivity index (χ0v) is 11.2. The molecule has 16 heavy (non-hydrogen) atoms. The average Bonchev–Trinajstić information content (AvgIpc) is 2.30. The Morgan fingerprint density at radius 2 is 1.69 bits per heavy atom. The number of rotatable bonds is 6. The van der Waals surface area contributed by atoms with Crippen LogP contribution >= 0.6 is 0 Å². The van der Waals surface area contributed by atoms with Gasteiger partial charge in [0.1, 0.15) is 0 Å².